The molecule has 0 aliphatic heterocycles. The molecule has 1 N–H and O–H groups in total. The molecule has 0 amide bonds. The third-order valence-electron chi connectivity index (χ3n) is 3.38. The molecule has 3 aromatic rings. The predicted octanol–water partition coefficient (Wildman–Crippen LogP) is 2.00. The second kappa shape index (κ2) is 5.73. The Morgan fingerprint density at radius 1 is 0.870 bits per heavy atom. The van der Waals surface area contributed by atoms with Gasteiger partial charge in [-0.3, -0.25) is 4.72 Å². The van der Waals surface area contributed by atoms with Crippen LogP contribution in [0, 0.1) is 0 Å². The van der Waals surface area contributed by atoms with Gasteiger partial charge in [0.2, 0.25) is 0 Å². The van der Waals surface area contributed by atoms with Crippen LogP contribution in [0.25, 0.3) is 10.8 Å². The average Bonchev–Trinajstić information content (AvgIpc) is 2.54. The number of carboxylic acid groups (broad SMARTS) is 1. The third-order valence-corrected chi connectivity index (χ3v) is 4.76. The van der Waals surface area contributed by atoms with Crippen molar-refractivity contribution in [2.75, 3.05) is 4.72 Å². The van der Waals surface area contributed by atoms with E-state index in [9.17, 15) is 18.3 Å². The van der Waals surface area contributed by atoms with Crippen LogP contribution >= 0.6 is 0 Å². The molecule has 0 aliphatic rings. The molecule has 0 aromatic heterocycles. The van der Waals surface area contributed by atoms with Gasteiger partial charge in [0.15, 0.2) is 0 Å². The van der Waals surface area contributed by atoms with Gasteiger partial charge in [-0.2, -0.15) is 0 Å². The first-order valence-corrected chi connectivity index (χ1v) is 8.27. The molecule has 3 rings (SSSR count). The van der Waals surface area contributed by atoms with E-state index in [1.807, 2.05) is 24.3 Å². The number of benzene rings is 3. The molecule has 0 radical (unpaired) electrons. The Morgan fingerprint density at radius 3 is 2.35 bits per heavy atom. The molecule has 0 unspecified atom stereocenters. The Bertz CT molecular complexity index is 996. The van der Waals surface area contributed by atoms with Gasteiger partial charge in [-0.05, 0) is 40.6 Å². The van der Waals surface area contributed by atoms with E-state index in [0.717, 1.165) is 10.8 Å². The molecule has 23 heavy (non-hydrogen) atoms. The number of carbonyl (C=O) groups excluding carboxylic acids is 1. The Labute approximate surface area is 133 Å². The van der Waals surface area contributed by atoms with E-state index in [-0.39, 0.29) is 16.1 Å². The third kappa shape index (κ3) is 3.17. The van der Waals surface area contributed by atoms with E-state index >= 15 is 0 Å². The molecule has 0 spiro atoms. The first kappa shape index (κ1) is 15.1. The second-order valence-electron chi connectivity index (χ2n) is 4.98. The van der Waals surface area contributed by atoms with Crippen molar-refractivity contribution in [3.05, 3.63) is 72.3 Å². The zero-order valence-electron chi connectivity index (χ0n) is 11.9. The quantitative estimate of drug-likeness (QED) is 0.794. The standard InChI is InChI=1S/C17H13NO4S/c19-17(20)14-6-3-7-15(10-14)18-23(21,22)16-9-8-12-4-1-2-5-13(12)11-16/h1-11,18H,(H,19,20)/p-1. The molecule has 0 atom stereocenters. The summed E-state index contributed by atoms with van der Waals surface area (Å²) in [6.45, 7) is 0. The van der Waals surface area contributed by atoms with E-state index in [4.69, 9.17) is 0 Å². The molecule has 5 nitrogen and oxygen atoms in total. The number of carbonyl (C=O) groups is 1. The molecule has 0 saturated heterocycles. The zero-order chi connectivity index (χ0) is 16.4. The second-order valence-corrected chi connectivity index (χ2v) is 6.67. The molecule has 3 aromatic carbocycles. The first-order chi connectivity index (χ1) is 11.0. The number of hydrogen-bond acceptors (Lipinski definition) is 4. The van der Waals surface area contributed by atoms with Crippen molar-refractivity contribution in [1.29, 1.82) is 0 Å². The maximum atomic E-state index is 12.5. The number of rotatable bonds is 4. The highest BCUT2D eigenvalue weighted by molar-refractivity contribution is 7.92. The minimum absolute atomic E-state index is 0.0938. The lowest BCUT2D eigenvalue weighted by Crippen LogP contribution is -2.22. The number of anilines is 1. The molecular formula is C17H12NO4S-. The largest absolute Gasteiger partial charge is 0.545 e. The lowest BCUT2D eigenvalue weighted by atomic mass is 10.1. The van der Waals surface area contributed by atoms with Crippen molar-refractivity contribution in [3.8, 4) is 0 Å². The van der Waals surface area contributed by atoms with Gasteiger partial charge in [0, 0.05) is 5.69 Å². The molecule has 6 heteroatoms. The van der Waals surface area contributed by atoms with Crippen LogP contribution in [0.1, 0.15) is 10.4 Å². The number of carboxylic acids is 1. The van der Waals surface area contributed by atoms with Crippen molar-refractivity contribution in [3.63, 3.8) is 0 Å². The SMILES string of the molecule is O=C([O-])c1cccc(NS(=O)(=O)c2ccc3ccccc3c2)c1. The van der Waals surface area contributed by atoms with Crippen LogP contribution in [0.4, 0.5) is 5.69 Å². The maximum Gasteiger partial charge on any atom is 0.261 e. The number of fused-ring (bicyclic) bond motifs is 1. The number of nitrogens with one attached hydrogen (secondary N) is 1. The van der Waals surface area contributed by atoms with Gasteiger partial charge in [0.05, 0.1) is 10.9 Å². The summed E-state index contributed by atoms with van der Waals surface area (Å²) < 4.78 is 27.3. The lowest BCUT2D eigenvalue weighted by molar-refractivity contribution is -0.255. The van der Waals surface area contributed by atoms with Gasteiger partial charge in [0.1, 0.15) is 0 Å². The summed E-state index contributed by atoms with van der Waals surface area (Å²) in [6, 6.07) is 17.7. The van der Waals surface area contributed by atoms with Gasteiger partial charge in [-0.25, -0.2) is 8.42 Å². The van der Waals surface area contributed by atoms with E-state index < -0.39 is 16.0 Å². The van der Waals surface area contributed by atoms with Crippen molar-refractivity contribution in [1.82, 2.24) is 0 Å². The van der Waals surface area contributed by atoms with Crippen molar-refractivity contribution < 1.29 is 18.3 Å². The summed E-state index contributed by atoms with van der Waals surface area (Å²) in [5, 5.41) is 12.6. The fraction of sp³-hybridized carbons (Fsp3) is 0. The van der Waals surface area contributed by atoms with Crippen LogP contribution in [-0.4, -0.2) is 14.4 Å². The monoisotopic (exact) mass is 326 g/mol. The molecule has 0 fully saturated rings. The summed E-state index contributed by atoms with van der Waals surface area (Å²) in [5.74, 6) is -1.36. The van der Waals surface area contributed by atoms with Crippen LogP contribution in [-0.2, 0) is 10.0 Å². The summed E-state index contributed by atoms with van der Waals surface area (Å²) in [4.78, 5) is 11.0. The minimum atomic E-state index is -3.81. The van der Waals surface area contributed by atoms with Crippen molar-refractivity contribution in [2.45, 2.75) is 4.90 Å². The van der Waals surface area contributed by atoms with Crippen molar-refractivity contribution in [2.24, 2.45) is 0 Å². The molecule has 0 bridgehead atoms. The Balaban J connectivity index is 1.97. The molecular weight excluding hydrogens is 314 g/mol. The van der Waals surface area contributed by atoms with Crippen LogP contribution in [0.5, 0.6) is 0 Å². The predicted molar refractivity (Wildman–Crippen MR) is 85.5 cm³/mol. The molecule has 0 aliphatic carbocycles. The minimum Gasteiger partial charge on any atom is -0.545 e. The molecule has 0 saturated carbocycles. The topological polar surface area (TPSA) is 86.3 Å². The van der Waals surface area contributed by atoms with E-state index in [1.165, 1.54) is 30.3 Å². The van der Waals surface area contributed by atoms with E-state index in [2.05, 4.69) is 4.72 Å². The summed E-state index contributed by atoms with van der Waals surface area (Å²) >= 11 is 0. The Morgan fingerprint density at radius 2 is 1.61 bits per heavy atom. The normalized spacial score (nSPS) is 11.3. The van der Waals surface area contributed by atoms with Gasteiger partial charge < -0.3 is 9.90 Å². The van der Waals surface area contributed by atoms with Crippen molar-refractivity contribution >= 4 is 32.5 Å². The van der Waals surface area contributed by atoms with Gasteiger partial charge in [-0.15, -0.1) is 0 Å². The number of hydrogen-bond donors (Lipinski definition) is 1. The van der Waals surface area contributed by atoms with Crippen LogP contribution in [0.15, 0.2) is 71.6 Å². The highest BCUT2D eigenvalue weighted by Gasteiger charge is 2.14. The molecule has 0 heterocycles. The van der Waals surface area contributed by atoms with Crippen LogP contribution < -0.4 is 9.83 Å². The van der Waals surface area contributed by atoms with E-state index in [1.54, 1.807) is 12.1 Å². The van der Waals surface area contributed by atoms with Gasteiger partial charge in [0.25, 0.3) is 10.0 Å². The number of aromatic carboxylic acids is 1. The fourth-order valence-corrected chi connectivity index (χ4v) is 3.34. The van der Waals surface area contributed by atoms with Crippen LogP contribution in [0.2, 0.25) is 0 Å². The highest BCUT2D eigenvalue weighted by atomic mass is 32.2. The smallest absolute Gasteiger partial charge is 0.261 e. The maximum absolute atomic E-state index is 12.5. The Kier molecular flexibility index (Phi) is 3.75. The van der Waals surface area contributed by atoms with E-state index in [0.29, 0.717) is 0 Å². The first-order valence-electron chi connectivity index (χ1n) is 6.79. The number of sulfonamides is 1. The summed E-state index contributed by atoms with van der Waals surface area (Å²) in [7, 11) is -3.81. The summed E-state index contributed by atoms with van der Waals surface area (Å²) in [5.41, 5.74) is 0.0728. The highest BCUT2D eigenvalue weighted by Crippen LogP contribution is 2.21. The van der Waals surface area contributed by atoms with Crippen LogP contribution in [0.3, 0.4) is 0 Å². The fourth-order valence-electron chi connectivity index (χ4n) is 2.26. The Hall–Kier alpha value is -2.86. The van der Waals surface area contributed by atoms with Gasteiger partial charge in [-0.1, -0.05) is 42.5 Å². The van der Waals surface area contributed by atoms with Gasteiger partial charge >= 0.3 is 0 Å². The average molecular weight is 326 g/mol. The zero-order valence-corrected chi connectivity index (χ0v) is 12.7. The molecule has 116 valence electrons. The lowest BCUT2D eigenvalue weighted by Gasteiger charge is -2.10. The summed E-state index contributed by atoms with van der Waals surface area (Å²) in [6.07, 6.45) is 0.